The molecule has 0 radical (unpaired) electrons. The average Bonchev–Trinajstić information content (AvgIpc) is 2.73. The summed E-state index contributed by atoms with van der Waals surface area (Å²) in [6.07, 6.45) is 5.66. The van der Waals surface area contributed by atoms with Crippen molar-refractivity contribution in [1.29, 1.82) is 0 Å². The molecule has 0 aliphatic carbocycles. The molecule has 2 aromatic rings. The zero-order valence-electron chi connectivity index (χ0n) is 16.9. The van der Waals surface area contributed by atoms with Gasteiger partial charge < -0.3 is 20.7 Å². The molecule has 2 unspecified atom stereocenters. The first-order chi connectivity index (χ1) is 14.1. The Labute approximate surface area is 178 Å². The number of nitrogens with one attached hydrogen (secondary N) is 1. The number of allylic oxidation sites excluding steroid dienone is 2. The van der Waals surface area contributed by atoms with Crippen molar-refractivity contribution < 1.29 is 4.74 Å². The number of fused-ring (bicyclic) bond motifs is 1. The van der Waals surface area contributed by atoms with Gasteiger partial charge in [-0.25, -0.2) is 0 Å². The molecule has 0 spiro atoms. The fourth-order valence-corrected chi connectivity index (χ4v) is 4.04. The minimum Gasteiger partial charge on any atom is -0.403 e. The van der Waals surface area contributed by atoms with Crippen LogP contribution in [0.4, 0.5) is 5.69 Å². The highest BCUT2D eigenvalue weighted by Crippen LogP contribution is 2.33. The molecule has 1 aliphatic heterocycles. The minimum absolute atomic E-state index is 0.338. The summed E-state index contributed by atoms with van der Waals surface area (Å²) in [6, 6.07) is 14.5. The quantitative estimate of drug-likeness (QED) is 0.475. The van der Waals surface area contributed by atoms with Crippen LogP contribution in [0.3, 0.4) is 0 Å². The Morgan fingerprint density at radius 1 is 1.34 bits per heavy atom. The Bertz CT molecular complexity index is 896. The molecule has 0 saturated heterocycles. The van der Waals surface area contributed by atoms with E-state index in [0.29, 0.717) is 5.92 Å². The van der Waals surface area contributed by atoms with E-state index in [0.717, 1.165) is 35.9 Å². The van der Waals surface area contributed by atoms with Gasteiger partial charge in [0.05, 0.1) is 5.70 Å². The van der Waals surface area contributed by atoms with E-state index in [4.69, 9.17) is 27.8 Å². The molecule has 29 heavy (non-hydrogen) atoms. The molecular weight excluding hydrogens is 384 g/mol. The van der Waals surface area contributed by atoms with Crippen molar-refractivity contribution in [3.05, 3.63) is 88.2 Å². The number of benzene rings is 2. The highest BCUT2D eigenvalue weighted by atomic mass is 35.5. The Morgan fingerprint density at radius 2 is 2.17 bits per heavy atom. The van der Waals surface area contributed by atoms with E-state index in [1.165, 1.54) is 16.7 Å². The van der Waals surface area contributed by atoms with Crippen LogP contribution < -0.4 is 21.7 Å². The second kappa shape index (κ2) is 9.94. The monoisotopic (exact) mass is 412 g/mol. The van der Waals surface area contributed by atoms with Gasteiger partial charge in [0.2, 0.25) is 0 Å². The van der Waals surface area contributed by atoms with Gasteiger partial charge in [0.15, 0.2) is 6.35 Å². The number of nitrogens with zero attached hydrogens (tertiary/aromatic N) is 1. The van der Waals surface area contributed by atoms with Crippen molar-refractivity contribution >= 4 is 17.3 Å². The van der Waals surface area contributed by atoms with Crippen LogP contribution in [-0.2, 0) is 17.7 Å². The van der Waals surface area contributed by atoms with Crippen molar-refractivity contribution in [2.75, 3.05) is 18.6 Å². The molecule has 6 heteroatoms. The maximum absolute atomic E-state index is 6.25. The number of anilines is 1. The molecule has 0 amide bonds. The van der Waals surface area contributed by atoms with Crippen molar-refractivity contribution in [1.82, 2.24) is 5.32 Å². The topological polar surface area (TPSA) is 76.5 Å². The molecule has 1 aliphatic rings. The second-order valence-corrected chi connectivity index (χ2v) is 7.57. The van der Waals surface area contributed by atoms with Crippen molar-refractivity contribution in [2.24, 2.45) is 11.5 Å². The molecule has 154 valence electrons. The van der Waals surface area contributed by atoms with E-state index >= 15 is 0 Å². The summed E-state index contributed by atoms with van der Waals surface area (Å²) in [5, 5.41) is 4.29. The lowest BCUT2D eigenvalue weighted by Gasteiger charge is -2.33. The standard InChI is InChI=1S/C23H29ClN4O/c1-3-5-21(13-25)28(23(26)29-2)20-9-8-17-14-27-15-18(22(17)12-20)10-16-6-4-7-19(24)11-16/h3-9,11-13,18,23,27H,10,14-15,25-26H2,1-2H3/b5-3-,21-13+. The lowest BCUT2D eigenvalue weighted by molar-refractivity contribution is 0.111. The second-order valence-electron chi connectivity index (χ2n) is 7.13. The molecule has 0 aromatic heterocycles. The van der Waals surface area contributed by atoms with Gasteiger partial charge in [0.25, 0.3) is 0 Å². The molecule has 5 nitrogen and oxygen atoms in total. The first kappa shape index (κ1) is 21.4. The van der Waals surface area contributed by atoms with Gasteiger partial charge in [0, 0.05) is 43.0 Å². The molecule has 2 aromatic carbocycles. The van der Waals surface area contributed by atoms with Crippen LogP contribution in [0, 0.1) is 0 Å². The van der Waals surface area contributed by atoms with Gasteiger partial charge in [-0.15, -0.1) is 0 Å². The molecule has 5 N–H and O–H groups in total. The third-order valence-electron chi connectivity index (χ3n) is 5.21. The van der Waals surface area contributed by atoms with Crippen molar-refractivity contribution in [2.45, 2.75) is 32.2 Å². The molecule has 2 atom stereocenters. The summed E-state index contributed by atoms with van der Waals surface area (Å²) in [7, 11) is 1.59. The maximum Gasteiger partial charge on any atom is 0.188 e. The Balaban J connectivity index is 1.98. The summed E-state index contributed by atoms with van der Waals surface area (Å²) in [4.78, 5) is 1.90. The Morgan fingerprint density at radius 3 is 2.86 bits per heavy atom. The van der Waals surface area contributed by atoms with E-state index in [-0.39, 0.29) is 0 Å². The number of ether oxygens (including phenoxy) is 1. The lowest BCUT2D eigenvalue weighted by atomic mass is 9.86. The van der Waals surface area contributed by atoms with E-state index in [9.17, 15) is 0 Å². The summed E-state index contributed by atoms with van der Waals surface area (Å²) in [5.74, 6) is 0.338. The smallest absolute Gasteiger partial charge is 0.188 e. The number of rotatable bonds is 7. The average molecular weight is 413 g/mol. The zero-order valence-corrected chi connectivity index (χ0v) is 17.7. The normalized spacial score (nSPS) is 17.9. The molecule has 3 rings (SSSR count). The molecule has 0 bridgehead atoms. The summed E-state index contributed by atoms with van der Waals surface area (Å²) in [6.45, 7) is 3.71. The van der Waals surface area contributed by atoms with Gasteiger partial charge >= 0.3 is 0 Å². The SMILES string of the molecule is C/C=C\C(=C/N)N(c1ccc2c(c1)C(Cc1cccc(Cl)c1)CNC2)C(N)OC. The summed E-state index contributed by atoms with van der Waals surface area (Å²) >= 11 is 6.19. The summed E-state index contributed by atoms with van der Waals surface area (Å²) < 4.78 is 5.42. The largest absolute Gasteiger partial charge is 0.403 e. The van der Waals surface area contributed by atoms with Gasteiger partial charge in [-0.05, 0) is 60.4 Å². The number of halogens is 1. The van der Waals surface area contributed by atoms with Gasteiger partial charge in [-0.2, -0.15) is 0 Å². The van der Waals surface area contributed by atoms with Crippen LogP contribution in [0.15, 0.2) is 66.5 Å². The highest BCUT2D eigenvalue weighted by Gasteiger charge is 2.24. The Hall–Kier alpha value is -2.31. The van der Waals surface area contributed by atoms with Crippen LogP contribution in [-0.4, -0.2) is 20.0 Å². The predicted octanol–water partition coefficient (Wildman–Crippen LogP) is 3.84. The van der Waals surface area contributed by atoms with E-state index in [2.05, 4.69) is 29.6 Å². The van der Waals surface area contributed by atoms with Crippen LogP contribution >= 0.6 is 11.6 Å². The lowest BCUT2D eigenvalue weighted by Crippen LogP contribution is -2.43. The number of nitrogens with two attached hydrogens (primary N) is 2. The van der Waals surface area contributed by atoms with Gasteiger partial charge in [-0.3, -0.25) is 5.73 Å². The van der Waals surface area contributed by atoms with E-state index in [1.807, 2.05) is 42.2 Å². The van der Waals surface area contributed by atoms with Crippen molar-refractivity contribution in [3.63, 3.8) is 0 Å². The fourth-order valence-electron chi connectivity index (χ4n) is 3.83. The number of hydrogen-bond acceptors (Lipinski definition) is 5. The third kappa shape index (κ3) is 5.00. The molecule has 1 heterocycles. The van der Waals surface area contributed by atoms with Gasteiger partial charge in [-0.1, -0.05) is 35.9 Å². The van der Waals surface area contributed by atoms with Crippen LogP contribution in [0.2, 0.25) is 5.02 Å². The minimum atomic E-state index is -0.646. The first-order valence-corrected chi connectivity index (χ1v) is 10.1. The van der Waals surface area contributed by atoms with Crippen LogP contribution in [0.25, 0.3) is 0 Å². The molecule has 0 fully saturated rings. The predicted molar refractivity (Wildman–Crippen MR) is 121 cm³/mol. The Kier molecular flexibility index (Phi) is 7.34. The number of methoxy groups -OCH3 is 1. The van der Waals surface area contributed by atoms with Crippen LogP contribution in [0.5, 0.6) is 0 Å². The molecule has 0 saturated carbocycles. The van der Waals surface area contributed by atoms with Gasteiger partial charge in [0.1, 0.15) is 0 Å². The van der Waals surface area contributed by atoms with E-state index in [1.54, 1.807) is 13.3 Å². The van der Waals surface area contributed by atoms with Crippen LogP contribution in [0.1, 0.15) is 29.5 Å². The number of hydrogen-bond donors (Lipinski definition) is 3. The third-order valence-corrected chi connectivity index (χ3v) is 5.44. The summed E-state index contributed by atoms with van der Waals surface area (Å²) in [5.41, 5.74) is 17.7. The van der Waals surface area contributed by atoms with Crippen molar-refractivity contribution in [3.8, 4) is 0 Å². The maximum atomic E-state index is 6.25. The highest BCUT2D eigenvalue weighted by molar-refractivity contribution is 6.30. The van der Waals surface area contributed by atoms with E-state index < -0.39 is 6.35 Å². The first-order valence-electron chi connectivity index (χ1n) is 9.77. The molecular formula is C23H29ClN4O. The fraction of sp³-hybridized carbons (Fsp3) is 0.304. The zero-order chi connectivity index (χ0) is 20.8.